The largest absolute Gasteiger partial charge is 0.493 e. The summed E-state index contributed by atoms with van der Waals surface area (Å²) < 4.78 is 33.5. The van der Waals surface area contributed by atoms with E-state index in [1.807, 2.05) is 12.1 Å². The summed E-state index contributed by atoms with van der Waals surface area (Å²) in [7, 11) is -1.62. The fraction of sp³-hybridized carbons (Fsp3) is 0.143. The first-order chi connectivity index (χ1) is 9.00. The van der Waals surface area contributed by atoms with Crippen LogP contribution in [-0.4, -0.2) is 21.8 Å². The first kappa shape index (κ1) is 13.4. The van der Waals surface area contributed by atoms with E-state index in [-0.39, 0.29) is 4.90 Å². The molecule has 100 valence electrons. The average Bonchev–Trinajstić information content (AvgIpc) is 2.39. The van der Waals surface area contributed by atoms with Crippen LogP contribution in [0.25, 0.3) is 0 Å². The number of para-hydroxylation sites is 2. The number of benzene rings is 2. The minimum Gasteiger partial charge on any atom is -0.493 e. The molecule has 2 rings (SSSR count). The number of rotatable bonds is 4. The van der Waals surface area contributed by atoms with E-state index in [1.54, 1.807) is 31.4 Å². The van der Waals surface area contributed by atoms with E-state index in [0.717, 1.165) is 0 Å². The van der Waals surface area contributed by atoms with Crippen LogP contribution in [0.3, 0.4) is 0 Å². The fourth-order valence-electron chi connectivity index (χ4n) is 1.58. The molecule has 0 N–H and O–H groups in total. The highest BCUT2D eigenvalue weighted by Gasteiger charge is 2.08. The lowest BCUT2D eigenvalue weighted by molar-refractivity contribution is 0.379. The maximum Gasteiger partial charge on any atom is 0.175 e. The van der Waals surface area contributed by atoms with Gasteiger partial charge in [-0.3, -0.25) is 0 Å². The lowest BCUT2D eigenvalue weighted by Crippen LogP contribution is -1.96. The van der Waals surface area contributed by atoms with Crippen molar-refractivity contribution in [2.75, 3.05) is 13.4 Å². The Bertz CT molecular complexity index is 660. The van der Waals surface area contributed by atoms with Gasteiger partial charge in [0.25, 0.3) is 0 Å². The van der Waals surface area contributed by atoms with E-state index in [4.69, 9.17) is 9.47 Å². The van der Waals surface area contributed by atoms with Gasteiger partial charge in [-0.25, -0.2) is 8.42 Å². The van der Waals surface area contributed by atoms with Gasteiger partial charge in [0.2, 0.25) is 0 Å². The van der Waals surface area contributed by atoms with Crippen molar-refractivity contribution in [1.82, 2.24) is 0 Å². The Balaban J connectivity index is 2.25. The molecule has 0 aromatic heterocycles. The summed E-state index contributed by atoms with van der Waals surface area (Å²) in [6.45, 7) is 0. The van der Waals surface area contributed by atoms with Gasteiger partial charge in [0.05, 0.1) is 12.0 Å². The summed E-state index contributed by atoms with van der Waals surface area (Å²) in [5.74, 6) is 1.75. The molecule has 0 aliphatic rings. The van der Waals surface area contributed by atoms with Gasteiger partial charge in [-0.2, -0.15) is 0 Å². The highest BCUT2D eigenvalue weighted by atomic mass is 32.2. The fourth-order valence-corrected chi connectivity index (χ4v) is 2.22. The monoisotopic (exact) mass is 278 g/mol. The first-order valence-corrected chi connectivity index (χ1v) is 7.51. The van der Waals surface area contributed by atoms with Gasteiger partial charge in [-0.1, -0.05) is 12.1 Å². The Labute approximate surface area is 112 Å². The third-order valence-electron chi connectivity index (χ3n) is 2.55. The summed E-state index contributed by atoms with van der Waals surface area (Å²) in [4.78, 5) is 0.264. The predicted octanol–water partition coefficient (Wildman–Crippen LogP) is 2.89. The SMILES string of the molecule is COc1ccccc1Oc1ccc(S(C)(=O)=O)cc1. The topological polar surface area (TPSA) is 52.6 Å². The van der Waals surface area contributed by atoms with Crippen molar-refractivity contribution >= 4 is 9.84 Å². The third kappa shape index (κ3) is 3.26. The van der Waals surface area contributed by atoms with Gasteiger partial charge >= 0.3 is 0 Å². The first-order valence-electron chi connectivity index (χ1n) is 5.62. The van der Waals surface area contributed by atoms with Crippen LogP contribution >= 0.6 is 0 Å². The molecule has 0 atom stereocenters. The molecular weight excluding hydrogens is 264 g/mol. The second-order valence-electron chi connectivity index (χ2n) is 4.00. The molecule has 2 aromatic rings. The van der Waals surface area contributed by atoms with Crippen LogP contribution in [0.4, 0.5) is 0 Å². The van der Waals surface area contributed by atoms with Crippen molar-refractivity contribution in [3.63, 3.8) is 0 Å². The van der Waals surface area contributed by atoms with Crippen LogP contribution in [0.5, 0.6) is 17.2 Å². The van der Waals surface area contributed by atoms with E-state index in [9.17, 15) is 8.42 Å². The zero-order valence-corrected chi connectivity index (χ0v) is 11.5. The Morgan fingerprint density at radius 3 is 2.00 bits per heavy atom. The predicted molar refractivity (Wildman–Crippen MR) is 72.6 cm³/mol. The van der Waals surface area contributed by atoms with Gasteiger partial charge < -0.3 is 9.47 Å². The third-order valence-corrected chi connectivity index (χ3v) is 3.68. The van der Waals surface area contributed by atoms with E-state index in [1.165, 1.54) is 18.4 Å². The lowest BCUT2D eigenvalue weighted by atomic mass is 10.3. The standard InChI is InChI=1S/C14H14O4S/c1-17-13-5-3-4-6-14(13)18-11-7-9-12(10-8-11)19(2,15)16/h3-10H,1-2H3. The molecule has 0 fully saturated rings. The zero-order chi connectivity index (χ0) is 13.9. The van der Waals surface area contributed by atoms with Crippen molar-refractivity contribution in [2.24, 2.45) is 0 Å². The molecule has 5 heteroatoms. The van der Waals surface area contributed by atoms with Gasteiger partial charge in [-0.15, -0.1) is 0 Å². The van der Waals surface area contributed by atoms with Crippen LogP contribution in [0, 0.1) is 0 Å². The number of sulfone groups is 1. The molecule has 0 heterocycles. The van der Waals surface area contributed by atoms with Crippen molar-refractivity contribution in [3.8, 4) is 17.2 Å². The summed E-state index contributed by atoms with van der Waals surface area (Å²) in [6.07, 6.45) is 1.17. The number of methoxy groups -OCH3 is 1. The van der Waals surface area contributed by atoms with E-state index in [0.29, 0.717) is 17.2 Å². The van der Waals surface area contributed by atoms with Crippen molar-refractivity contribution < 1.29 is 17.9 Å². The summed E-state index contributed by atoms with van der Waals surface area (Å²) in [5.41, 5.74) is 0. The van der Waals surface area contributed by atoms with Crippen LogP contribution in [0.15, 0.2) is 53.4 Å². The molecule has 0 saturated carbocycles. The molecular formula is C14H14O4S. The second kappa shape index (κ2) is 5.32. The molecule has 0 aliphatic heterocycles. The van der Waals surface area contributed by atoms with Crippen LogP contribution < -0.4 is 9.47 Å². The van der Waals surface area contributed by atoms with Gasteiger partial charge in [0, 0.05) is 6.26 Å². The highest BCUT2D eigenvalue weighted by Crippen LogP contribution is 2.31. The summed E-state index contributed by atoms with van der Waals surface area (Å²) in [6, 6.07) is 13.5. The van der Waals surface area contributed by atoms with Gasteiger partial charge in [-0.05, 0) is 36.4 Å². The molecule has 0 saturated heterocycles. The van der Waals surface area contributed by atoms with Gasteiger partial charge in [0.15, 0.2) is 21.3 Å². The number of hydrogen-bond donors (Lipinski definition) is 0. The quantitative estimate of drug-likeness (QED) is 0.863. The molecule has 0 radical (unpaired) electrons. The van der Waals surface area contributed by atoms with E-state index < -0.39 is 9.84 Å². The van der Waals surface area contributed by atoms with Gasteiger partial charge in [0.1, 0.15) is 5.75 Å². The molecule has 0 unspecified atom stereocenters. The average molecular weight is 278 g/mol. The van der Waals surface area contributed by atoms with Crippen molar-refractivity contribution in [1.29, 1.82) is 0 Å². The molecule has 0 spiro atoms. The maximum absolute atomic E-state index is 11.3. The van der Waals surface area contributed by atoms with Crippen molar-refractivity contribution in [2.45, 2.75) is 4.90 Å². The normalized spacial score (nSPS) is 11.1. The Kier molecular flexibility index (Phi) is 3.76. The molecule has 2 aromatic carbocycles. The smallest absolute Gasteiger partial charge is 0.175 e. The summed E-state index contributed by atoms with van der Waals surface area (Å²) >= 11 is 0. The minimum absolute atomic E-state index is 0.264. The van der Waals surface area contributed by atoms with E-state index >= 15 is 0 Å². The second-order valence-corrected chi connectivity index (χ2v) is 6.01. The summed E-state index contributed by atoms with van der Waals surface area (Å²) in [5, 5.41) is 0. The Morgan fingerprint density at radius 1 is 0.895 bits per heavy atom. The number of ether oxygens (including phenoxy) is 2. The number of hydrogen-bond acceptors (Lipinski definition) is 4. The van der Waals surface area contributed by atoms with Crippen LogP contribution in [0.1, 0.15) is 0 Å². The molecule has 4 nitrogen and oxygen atoms in total. The molecule has 0 bridgehead atoms. The van der Waals surface area contributed by atoms with Crippen LogP contribution in [-0.2, 0) is 9.84 Å². The minimum atomic E-state index is -3.19. The van der Waals surface area contributed by atoms with Crippen LogP contribution in [0.2, 0.25) is 0 Å². The maximum atomic E-state index is 11.3. The van der Waals surface area contributed by atoms with Crippen molar-refractivity contribution in [3.05, 3.63) is 48.5 Å². The lowest BCUT2D eigenvalue weighted by Gasteiger charge is -2.10. The zero-order valence-electron chi connectivity index (χ0n) is 10.7. The molecule has 0 amide bonds. The highest BCUT2D eigenvalue weighted by molar-refractivity contribution is 7.90. The Hall–Kier alpha value is -2.01. The Morgan fingerprint density at radius 2 is 1.47 bits per heavy atom. The van der Waals surface area contributed by atoms with E-state index in [2.05, 4.69) is 0 Å². The molecule has 0 aliphatic carbocycles. The molecule has 19 heavy (non-hydrogen) atoms.